The molecule has 1 aromatic rings. The first kappa shape index (κ1) is 18.3. The first-order chi connectivity index (χ1) is 11.4. The van der Waals surface area contributed by atoms with Gasteiger partial charge in [-0.3, -0.25) is 14.8 Å². The second kappa shape index (κ2) is 7.69. The zero-order valence-electron chi connectivity index (χ0n) is 15.6. The number of hydrogen-bond acceptors (Lipinski definition) is 3. The van der Waals surface area contributed by atoms with Gasteiger partial charge < -0.3 is 0 Å². The molecule has 1 aliphatic heterocycles. The maximum absolute atomic E-state index is 11.9. The quantitative estimate of drug-likeness (QED) is 0.696. The molecule has 1 heterocycles. The Balaban J connectivity index is 2.60. The normalized spacial score (nSPS) is 19.2. The van der Waals surface area contributed by atoms with Gasteiger partial charge in [0.15, 0.2) is 5.78 Å². The lowest BCUT2D eigenvalue weighted by Gasteiger charge is -2.22. The highest BCUT2D eigenvalue weighted by Gasteiger charge is 2.25. The second-order valence-corrected chi connectivity index (χ2v) is 6.98. The van der Waals surface area contributed by atoms with E-state index in [4.69, 9.17) is 4.99 Å². The minimum absolute atomic E-state index is 0.0206. The third kappa shape index (κ3) is 3.72. The van der Waals surface area contributed by atoms with E-state index in [1.54, 1.807) is 13.1 Å². The van der Waals surface area contributed by atoms with Crippen molar-refractivity contribution in [1.29, 1.82) is 0 Å². The zero-order chi connectivity index (χ0) is 17.9. The first-order valence-corrected chi connectivity index (χ1v) is 8.83. The van der Waals surface area contributed by atoms with Crippen molar-refractivity contribution >= 4 is 22.9 Å². The fraction of sp³-hybridized carbons (Fsp3) is 0.476. The fourth-order valence-electron chi connectivity index (χ4n) is 3.16. The maximum Gasteiger partial charge on any atom is 0.174 e. The highest BCUT2D eigenvalue weighted by Crippen LogP contribution is 2.35. The van der Waals surface area contributed by atoms with Gasteiger partial charge in [0, 0.05) is 19.0 Å². The predicted octanol–water partition coefficient (Wildman–Crippen LogP) is 5.59. The van der Waals surface area contributed by atoms with E-state index < -0.39 is 0 Å². The van der Waals surface area contributed by atoms with Crippen molar-refractivity contribution in [3.05, 3.63) is 41.6 Å². The average Bonchev–Trinajstić information content (AvgIpc) is 2.54. The SMILES string of the molecule is CCC1C(=Nc2c(C(C)C)cccc2C(C)C)C=CN=C1C(C)=O. The van der Waals surface area contributed by atoms with Crippen molar-refractivity contribution < 1.29 is 4.79 Å². The summed E-state index contributed by atoms with van der Waals surface area (Å²) in [4.78, 5) is 21.2. The molecule has 3 nitrogen and oxygen atoms in total. The van der Waals surface area contributed by atoms with E-state index >= 15 is 0 Å². The average molecular weight is 324 g/mol. The van der Waals surface area contributed by atoms with Crippen LogP contribution >= 0.6 is 0 Å². The van der Waals surface area contributed by atoms with Gasteiger partial charge in [-0.15, -0.1) is 0 Å². The Bertz CT molecular complexity index is 682. The molecule has 1 unspecified atom stereocenters. The van der Waals surface area contributed by atoms with E-state index in [0.717, 1.165) is 17.8 Å². The van der Waals surface area contributed by atoms with Crippen LogP contribution in [-0.2, 0) is 4.79 Å². The van der Waals surface area contributed by atoms with Crippen molar-refractivity contribution in [2.24, 2.45) is 15.9 Å². The number of hydrogen-bond donors (Lipinski definition) is 0. The number of allylic oxidation sites excluding steroid dienone is 1. The molecule has 0 fully saturated rings. The molecular weight excluding hydrogens is 296 g/mol. The Kier molecular flexibility index (Phi) is 5.87. The first-order valence-electron chi connectivity index (χ1n) is 8.83. The number of carbonyl (C=O) groups is 1. The van der Waals surface area contributed by atoms with E-state index in [1.807, 2.05) is 6.08 Å². The lowest BCUT2D eigenvalue weighted by atomic mass is 9.89. The molecule has 0 aromatic heterocycles. The molecule has 128 valence electrons. The lowest BCUT2D eigenvalue weighted by Crippen LogP contribution is -2.29. The highest BCUT2D eigenvalue weighted by molar-refractivity contribution is 6.45. The van der Waals surface area contributed by atoms with Crippen LogP contribution in [-0.4, -0.2) is 17.2 Å². The summed E-state index contributed by atoms with van der Waals surface area (Å²) in [5.41, 5.74) is 5.12. The van der Waals surface area contributed by atoms with Crippen LogP contribution in [0.4, 0.5) is 5.69 Å². The minimum atomic E-state index is -0.0206. The number of aliphatic imine (C=N–C) groups is 2. The molecule has 1 aliphatic rings. The van der Waals surface area contributed by atoms with Crippen LogP contribution in [0.3, 0.4) is 0 Å². The molecule has 0 bridgehead atoms. The minimum Gasteiger partial charge on any atom is -0.293 e. The van der Waals surface area contributed by atoms with Gasteiger partial charge >= 0.3 is 0 Å². The molecule has 0 radical (unpaired) electrons. The van der Waals surface area contributed by atoms with Gasteiger partial charge in [-0.25, -0.2) is 0 Å². The summed E-state index contributed by atoms with van der Waals surface area (Å²) in [6.45, 7) is 12.4. The number of benzene rings is 1. The van der Waals surface area contributed by atoms with Crippen LogP contribution in [0.5, 0.6) is 0 Å². The van der Waals surface area contributed by atoms with Crippen molar-refractivity contribution in [3.8, 4) is 0 Å². The van der Waals surface area contributed by atoms with Crippen molar-refractivity contribution in [1.82, 2.24) is 0 Å². The molecule has 1 aromatic carbocycles. The number of para-hydroxylation sites is 1. The Morgan fingerprint density at radius 3 is 2.21 bits per heavy atom. The van der Waals surface area contributed by atoms with E-state index in [0.29, 0.717) is 17.5 Å². The van der Waals surface area contributed by atoms with E-state index in [2.05, 4.69) is 57.8 Å². The molecular formula is C21H28N2O. The Hall–Kier alpha value is -2.03. The zero-order valence-corrected chi connectivity index (χ0v) is 15.6. The largest absolute Gasteiger partial charge is 0.293 e. The summed E-state index contributed by atoms with van der Waals surface area (Å²) < 4.78 is 0. The Morgan fingerprint density at radius 1 is 1.17 bits per heavy atom. The number of rotatable bonds is 5. The van der Waals surface area contributed by atoms with Gasteiger partial charge in [0.25, 0.3) is 0 Å². The number of carbonyl (C=O) groups excluding carboxylic acids is 1. The molecule has 1 atom stereocenters. The molecule has 0 aliphatic carbocycles. The summed E-state index contributed by atoms with van der Waals surface area (Å²) >= 11 is 0. The standard InChI is InChI=1S/C21H28N2O/c1-7-16-19(11-12-22-20(16)15(6)24)23-21-17(13(2)3)9-8-10-18(21)14(4)5/h8-14,16H,7H2,1-6H3. The van der Waals surface area contributed by atoms with Crippen LogP contribution in [0.2, 0.25) is 0 Å². The second-order valence-electron chi connectivity index (χ2n) is 6.98. The summed E-state index contributed by atoms with van der Waals surface area (Å²) in [7, 11) is 0. The van der Waals surface area contributed by atoms with E-state index in [1.165, 1.54) is 11.1 Å². The van der Waals surface area contributed by atoms with Gasteiger partial charge in [-0.1, -0.05) is 52.8 Å². The van der Waals surface area contributed by atoms with Gasteiger partial charge in [0.2, 0.25) is 0 Å². The summed E-state index contributed by atoms with van der Waals surface area (Å²) in [5.74, 6) is 0.807. The van der Waals surface area contributed by atoms with Crippen LogP contribution < -0.4 is 0 Å². The summed E-state index contributed by atoms with van der Waals surface area (Å²) in [5, 5.41) is 0. The molecule has 0 saturated carbocycles. The molecule has 24 heavy (non-hydrogen) atoms. The molecule has 0 spiro atoms. The lowest BCUT2D eigenvalue weighted by molar-refractivity contribution is -0.111. The topological polar surface area (TPSA) is 41.8 Å². The number of Topliss-reactive ketones (excluding diaryl/α,β-unsaturated/α-hetero) is 1. The van der Waals surface area contributed by atoms with Crippen molar-refractivity contribution in [2.45, 2.75) is 59.8 Å². The predicted molar refractivity (Wildman–Crippen MR) is 103 cm³/mol. The summed E-state index contributed by atoms with van der Waals surface area (Å²) in [6, 6.07) is 6.43. The van der Waals surface area contributed by atoms with Crippen LogP contribution in [0, 0.1) is 5.92 Å². The smallest absolute Gasteiger partial charge is 0.174 e. The monoisotopic (exact) mass is 324 g/mol. The molecule has 0 amide bonds. The van der Waals surface area contributed by atoms with Gasteiger partial charge in [-0.05, 0) is 35.5 Å². The molecule has 3 heteroatoms. The van der Waals surface area contributed by atoms with Crippen LogP contribution in [0.1, 0.15) is 70.9 Å². The van der Waals surface area contributed by atoms with Crippen LogP contribution in [0.25, 0.3) is 0 Å². The van der Waals surface area contributed by atoms with Gasteiger partial charge in [0.05, 0.1) is 17.1 Å². The number of nitrogens with zero attached hydrogens (tertiary/aromatic N) is 2. The van der Waals surface area contributed by atoms with Gasteiger partial charge in [0.1, 0.15) is 0 Å². The molecule has 0 N–H and O–H groups in total. The Morgan fingerprint density at radius 2 is 1.75 bits per heavy atom. The van der Waals surface area contributed by atoms with E-state index in [9.17, 15) is 4.79 Å². The maximum atomic E-state index is 11.9. The van der Waals surface area contributed by atoms with E-state index in [-0.39, 0.29) is 11.7 Å². The molecule has 0 saturated heterocycles. The highest BCUT2D eigenvalue weighted by atomic mass is 16.1. The van der Waals surface area contributed by atoms with Crippen molar-refractivity contribution in [2.75, 3.05) is 0 Å². The van der Waals surface area contributed by atoms with Crippen molar-refractivity contribution in [3.63, 3.8) is 0 Å². The van der Waals surface area contributed by atoms with Crippen LogP contribution in [0.15, 0.2) is 40.5 Å². The Labute approximate surface area is 145 Å². The summed E-state index contributed by atoms with van der Waals surface area (Å²) in [6.07, 6.45) is 4.47. The molecule has 2 rings (SSSR count). The third-order valence-electron chi connectivity index (χ3n) is 4.50. The fourth-order valence-corrected chi connectivity index (χ4v) is 3.16. The van der Waals surface area contributed by atoms with Gasteiger partial charge in [-0.2, -0.15) is 0 Å². The number of ketones is 1. The third-order valence-corrected chi connectivity index (χ3v) is 4.50.